The Morgan fingerprint density at radius 3 is 2.61 bits per heavy atom. The van der Waals surface area contributed by atoms with Crippen LogP contribution in [0.3, 0.4) is 0 Å². The predicted octanol–water partition coefficient (Wildman–Crippen LogP) is 4.62. The van der Waals surface area contributed by atoms with E-state index in [2.05, 4.69) is 46.3 Å². The summed E-state index contributed by atoms with van der Waals surface area (Å²) in [5, 5.41) is 2.82. The molecule has 6 heteroatoms. The van der Waals surface area contributed by atoms with Crippen molar-refractivity contribution in [3.63, 3.8) is 0 Å². The highest BCUT2D eigenvalue weighted by atomic mass is 32.2. The van der Waals surface area contributed by atoms with Gasteiger partial charge in [-0.1, -0.05) is 32.4 Å². The molecule has 1 amide bonds. The van der Waals surface area contributed by atoms with Gasteiger partial charge in [0.25, 0.3) is 0 Å². The number of alkyl carbamates (subject to hydrolysis) is 1. The Morgan fingerprint density at radius 2 is 1.86 bits per heavy atom. The lowest BCUT2D eigenvalue weighted by molar-refractivity contribution is 0.146. The van der Waals surface area contributed by atoms with Crippen LogP contribution in [0.25, 0.3) is 0 Å². The number of carbonyl (C=O) groups excluding carboxylic acids is 1. The molecule has 1 saturated heterocycles. The number of carbonyl (C=O) groups is 1. The van der Waals surface area contributed by atoms with E-state index in [1.54, 1.807) is 0 Å². The maximum Gasteiger partial charge on any atom is 0.407 e. The summed E-state index contributed by atoms with van der Waals surface area (Å²) in [6.45, 7) is 11.1. The van der Waals surface area contributed by atoms with Crippen molar-refractivity contribution in [1.29, 1.82) is 0 Å². The molecule has 0 aromatic heterocycles. The van der Waals surface area contributed by atoms with Crippen LogP contribution < -0.4 is 10.2 Å². The number of nitrogens with one attached hydrogen (secondary N) is 1. The molecule has 1 N–H and O–H groups in total. The number of para-hydroxylation sites is 1. The van der Waals surface area contributed by atoms with E-state index < -0.39 is 0 Å². The number of anilines is 1. The van der Waals surface area contributed by atoms with E-state index in [1.807, 2.05) is 18.7 Å². The van der Waals surface area contributed by atoms with Crippen molar-refractivity contribution in [1.82, 2.24) is 10.2 Å². The van der Waals surface area contributed by atoms with E-state index in [4.69, 9.17) is 4.74 Å². The second-order valence-corrected chi connectivity index (χ2v) is 8.40. The molecule has 28 heavy (non-hydrogen) atoms. The minimum absolute atomic E-state index is 0.282. The third-order valence-corrected chi connectivity index (χ3v) is 6.17. The molecular weight excluding hydrogens is 370 g/mol. The highest BCUT2D eigenvalue weighted by molar-refractivity contribution is 7.99. The second kappa shape index (κ2) is 13.7. The number of unbranched alkanes of at least 4 members (excludes halogenated alkanes) is 2. The molecule has 0 bridgehead atoms. The van der Waals surface area contributed by atoms with Crippen molar-refractivity contribution >= 4 is 23.5 Å². The number of amides is 1. The molecule has 0 radical (unpaired) electrons. The summed E-state index contributed by atoms with van der Waals surface area (Å²) in [4.78, 5) is 17.9. The van der Waals surface area contributed by atoms with Gasteiger partial charge in [-0.25, -0.2) is 4.79 Å². The fourth-order valence-electron chi connectivity index (χ4n) is 3.34. The Labute approximate surface area is 175 Å². The van der Waals surface area contributed by atoms with Gasteiger partial charge in [-0.15, -0.1) is 11.8 Å². The van der Waals surface area contributed by atoms with Gasteiger partial charge in [0, 0.05) is 37.6 Å². The van der Waals surface area contributed by atoms with Crippen LogP contribution in [0.2, 0.25) is 0 Å². The molecule has 0 unspecified atom stereocenters. The minimum Gasteiger partial charge on any atom is -0.450 e. The monoisotopic (exact) mass is 407 g/mol. The number of hydrogen-bond acceptors (Lipinski definition) is 5. The van der Waals surface area contributed by atoms with E-state index >= 15 is 0 Å². The zero-order valence-corrected chi connectivity index (χ0v) is 18.4. The molecule has 158 valence electrons. The van der Waals surface area contributed by atoms with Crippen LogP contribution in [0, 0.1) is 0 Å². The lowest BCUT2D eigenvalue weighted by Gasteiger charge is -2.37. The summed E-state index contributed by atoms with van der Waals surface area (Å²) >= 11 is 1.98. The number of ether oxygens (including phenoxy) is 1. The Balaban J connectivity index is 1.60. The molecule has 0 atom stereocenters. The molecule has 1 aliphatic rings. The van der Waals surface area contributed by atoms with E-state index in [1.165, 1.54) is 29.2 Å². The maximum atomic E-state index is 11.4. The average molecular weight is 408 g/mol. The predicted molar refractivity (Wildman–Crippen MR) is 120 cm³/mol. The van der Waals surface area contributed by atoms with Gasteiger partial charge in [-0.2, -0.15) is 0 Å². The van der Waals surface area contributed by atoms with E-state index in [0.29, 0.717) is 13.2 Å². The average Bonchev–Trinajstić information content (AvgIpc) is 2.74. The molecule has 5 nitrogen and oxygen atoms in total. The summed E-state index contributed by atoms with van der Waals surface area (Å²) in [7, 11) is 0. The number of benzene rings is 1. The Bertz CT molecular complexity index is 562. The van der Waals surface area contributed by atoms with Gasteiger partial charge in [0.1, 0.15) is 0 Å². The summed E-state index contributed by atoms with van der Waals surface area (Å²) in [5.41, 5.74) is 1.40. The number of nitrogens with zero attached hydrogens (tertiary/aromatic N) is 2. The van der Waals surface area contributed by atoms with E-state index in [9.17, 15) is 4.79 Å². The van der Waals surface area contributed by atoms with Crippen molar-refractivity contribution in [2.45, 2.75) is 50.8 Å². The topological polar surface area (TPSA) is 44.8 Å². The quantitative estimate of drug-likeness (QED) is 0.405. The van der Waals surface area contributed by atoms with Crippen molar-refractivity contribution in [3.8, 4) is 0 Å². The molecule has 0 spiro atoms. The van der Waals surface area contributed by atoms with Crippen molar-refractivity contribution in [2.24, 2.45) is 0 Å². The van der Waals surface area contributed by atoms with Gasteiger partial charge in [-0.05, 0) is 50.1 Å². The highest BCUT2D eigenvalue weighted by Crippen LogP contribution is 2.31. The first-order valence-electron chi connectivity index (χ1n) is 10.8. The second-order valence-electron chi connectivity index (χ2n) is 7.27. The molecule has 1 aliphatic heterocycles. The largest absolute Gasteiger partial charge is 0.450 e. The standard InChI is InChI=1S/C22H37N3O2S/c1-3-18-27-22(26)23-12-8-5-9-13-24-14-16-25(17-15-24)20-10-6-7-11-21(20)28-19-4-2/h6-7,10-11H,3-5,8-9,12-19H2,1-2H3,(H,23,26). The summed E-state index contributed by atoms with van der Waals surface area (Å²) in [6, 6.07) is 8.83. The van der Waals surface area contributed by atoms with Crippen LogP contribution in [0.4, 0.5) is 10.5 Å². The van der Waals surface area contributed by atoms with E-state index in [0.717, 1.165) is 52.0 Å². The van der Waals surface area contributed by atoms with Crippen LogP contribution in [-0.4, -0.2) is 62.6 Å². The normalized spacial score (nSPS) is 14.9. The zero-order chi connectivity index (χ0) is 20.0. The van der Waals surface area contributed by atoms with Gasteiger partial charge < -0.3 is 15.0 Å². The van der Waals surface area contributed by atoms with Crippen LogP contribution in [0.1, 0.15) is 46.0 Å². The summed E-state index contributed by atoms with van der Waals surface area (Å²) in [5.74, 6) is 1.18. The lowest BCUT2D eigenvalue weighted by Crippen LogP contribution is -2.46. The van der Waals surface area contributed by atoms with Crippen molar-refractivity contribution < 1.29 is 9.53 Å². The van der Waals surface area contributed by atoms with Gasteiger partial charge >= 0.3 is 6.09 Å². The number of thioether (sulfide) groups is 1. The molecule has 1 aromatic carbocycles. The fourth-order valence-corrected chi connectivity index (χ4v) is 4.28. The first-order valence-corrected chi connectivity index (χ1v) is 11.8. The van der Waals surface area contributed by atoms with Crippen molar-refractivity contribution in [3.05, 3.63) is 24.3 Å². The molecule has 1 aromatic rings. The SMILES string of the molecule is CCCOC(=O)NCCCCCN1CCN(c2ccccc2SCCC)CC1. The molecule has 0 saturated carbocycles. The number of rotatable bonds is 12. The van der Waals surface area contributed by atoms with Crippen LogP contribution >= 0.6 is 11.8 Å². The number of hydrogen-bond donors (Lipinski definition) is 1. The van der Waals surface area contributed by atoms with Crippen molar-refractivity contribution in [2.75, 3.05) is 56.5 Å². The molecular formula is C22H37N3O2S. The molecule has 0 aliphatic carbocycles. The smallest absolute Gasteiger partial charge is 0.407 e. The Morgan fingerprint density at radius 1 is 1.07 bits per heavy atom. The Kier molecular flexibility index (Phi) is 11.2. The lowest BCUT2D eigenvalue weighted by atomic mass is 10.2. The molecule has 2 rings (SSSR count). The van der Waals surface area contributed by atoms with Crippen LogP contribution in [0.15, 0.2) is 29.2 Å². The maximum absolute atomic E-state index is 11.4. The van der Waals surface area contributed by atoms with Crippen LogP contribution in [0.5, 0.6) is 0 Å². The van der Waals surface area contributed by atoms with Gasteiger partial charge in [0.05, 0.1) is 12.3 Å². The van der Waals surface area contributed by atoms with Gasteiger partial charge in [0.15, 0.2) is 0 Å². The van der Waals surface area contributed by atoms with Gasteiger partial charge in [-0.3, -0.25) is 4.90 Å². The van der Waals surface area contributed by atoms with Gasteiger partial charge in [0.2, 0.25) is 0 Å². The third kappa shape index (κ3) is 8.31. The fraction of sp³-hybridized carbons (Fsp3) is 0.682. The number of piperazine rings is 1. The zero-order valence-electron chi connectivity index (χ0n) is 17.6. The summed E-state index contributed by atoms with van der Waals surface area (Å²) in [6.07, 6.45) is 5.14. The molecule has 1 fully saturated rings. The summed E-state index contributed by atoms with van der Waals surface area (Å²) < 4.78 is 5.00. The molecule has 1 heterocycles. The first-order chi connectivity index (χ1) is 13.7. The highest BCUT2D eigenvalue weighted by Gasteiger charge is 2.18. The third-order valence-electron chi connectivity index (χ3n) is 4.90. The van der Waals surface area contributed by atoms with Crippen LogP contribution in [-0.2, 0) is 4.74 Å². The minimum atomic E-state index is -0.282. The first kappa shape index (κ1) is 22.9. The Hall–Kier alpha value is -1.40. The van der Waals surface area contributed by atoms with E-state index in [-0.39, 0.29) is 6.09 Å².